The Labute approximate surface area is 196 Å². The zero-order valence-corrected chi connectivity index (χ0v) is 18.9. The smallest absolute Gasteiger partial charge is 0.328 e. The van der Waals surface area contributed by atoms with Gasteiger partial charge in [0.05, 0.1) is 11.7 Å². The largest absolute Gasteiger partial charge is 0.478 e. The number of rotatable bonds is 8. The fourth-order valence-electron chi connectivity index (χ4n) is 3.03. The van der Waals surface area contributed by atoms with Gasteiger partial charge in [-0.1, -0.05) is 19.4 Å². The zero-order chi connectivity index (χ0) is 25.1. The number of pyridine rings is 1. The highest BCUT2D eigenvalue weighted by Crippen LogP contribution is 2.32. The van der Waals surface area contributed by atoms with Crippen molar-refractivity contribution in [1.82, 2.24) is 10.3 Å². The fraction of sp³-hybridized carbons (Fsp3) is 0.250. The second-order valence-corrected chi connectivity index (χ2v) is 7.30. The number of benzene rings is 1. The Morgan fingerprint density at radius 3 is 2.38 bits per heavy atom. The lowest BCUT2D eigenvalue weighted by Gasteiger charge is -2.17. The zero-order valence-electron chi connectivity index (χ0n) is 18.9. The minimum Gasteiger partial charge on any atom is -0.478 e. The summed E-state index contributed by atoms with van der Waals surface area (Å²) in [5, 5.41) is 18.6. The Morgan fingerprint density at radius 2 is 1.76 bits per heavy atom. The first-order valence-corrected chi connectivity index (χ1v) is 10.4. The summed E-state index contributed by atoms with van der Waals surface area (Å²) in [6.45, 7) is 4.26. The number of carbonyl (C=O) groups is 3. The molecule has 5 N–H and O–H groups in total. The third-order valence-electron chi connectivity index (χ3n) is 4.45. The number of hydrogen-bond donors (Lipinski definition) is 4. The van der Waals surface area contributed by atoms with Gasteiger partial charge in [-0.25, -0.2) is 14.6 Å². The van der Waals surface area contributed by atoms with E-state index in [9.17, 15) is 14.4 Å². The van der Waals surface area contributed by atoms with Crippen molar-refractivity contribution in [3.8, 4) is 11.5 Å². The first kappa shape index (κ1) is 25.9. The molecule has 1 amide bonds. The number of nitrogen functional groups attached to an aromatic ring is 1. The van der Waals surface area contributed by atoms with Crippen molar-refractivity contribution in [2.75, 3.05) is 12.5 Å². The lowest BCUT2D eigenvalue weighted by Crippen LogP contribution is -2.27. The maximum absolute atomic E-state index is 12.4. The molecule has 0 fully saturated rings. The average molecular weight is 469 g/mol. The predicted molar refractivity (Wildman–Crippen MR) is 125 cm³/mol. The Hall–Kier alpha value is -4.34. The minimum absolute atomic E-state index is 0.170. The van der Waals surface area contributed by atoms with E-state index in [0.29, 0.717) is 23.7 Å². The first-order valence-electron chi connectivity index (χ1n) is 10.4. The highest BCUT2D eigenvalue weighted by Gasteiger charge is 2.15. The van der Waals surface area contributed by atoms with Crippen molar-refractivity contribution in [1.29, 1.82) is 0 Å². The van der Waals surface area contributed by atoms with E-state index in [1.807, 2.05) is 37.3 Å². The molecule has 180 valence electrons. The molecule has 0 radical (unpaired) electrons. The summed E-state index contributed by atoms with van der Waals surface area (Å²) in [7, 11) is 0. The number of nitrogens with two attached hydrogens (primary N) is 1. The van der Waals surface area contributed by atoms with E-state index in [-0.39, 0.29) is 18.7 Å². The van der Waals surface area contributed by atoms with Crippen LogP contribution in [-0.2, 0) is 14.4 Å². The number of aromatic nitrogens is 1. The van der Waals surface area contributed by atoms with Gasteiger partial charge in [0.15, 0.2) is 11.5 Å². The molecule has 1 atom stereocenters. The molecule has 0 spiro atoms. The number of carboxylic acids is 2. The standard InChI is InChI=1S/C20H23N3O3.C4H4O4/c1-3-4-15(16-9-13(2)10-19(21)22-16)23-20(24)8-6-14-5-7-17-18(11-14)26-12-25-17;5-3(6)1-2-4(7)8/h5-11,15H,3-4,12H2,1-2H3,(H2,21,22)(H,23,24);1-2H,(H,5,6)(H,7,8). The lowest BCUT2D eigenvalue weighted by molar-refractivity contribution is -0.134. The van der Waals surface area contributed by atoms with Gasteiger partial charge in [-0.3, -0.25) is 4.79 Å². The summed E-state index contributed by atoms with van der Waals surface area (Å²) >= 11 is 0. The van der Waals surface area contributed by atoms with Crippen molar-refractivity contribution in [3.63, 3.8) is 0 Å². The van der Waals surface area contributed by atoms with Crippen LogP contribution in [0.2, 0.25) is 0 Å². The van der Waals surface area contributed by atoms with Crippen LogP contribution in [0.5, 0.6) is 11.5 Å². The molecule has 3 rings (SSSR count). The number of aliphatic carboxylic acids is 2. The molecule has 2 aromatic rings. The Morgan fingerprint density at radius 1 is 1.09 bits per heavy atom. The number of nitrogens with zero attached hydrogens (tertiary/aromatic N) is 1. The summed E-state index contributed by atoms with van der Waals surface area (Å²) in [4.78, 5) is 35.8. The van der Waals surface area contributed by atoms with Gasteiger partial charge >= 0.3 is 11.9 Å². The quantitative estimate of drug-likeness (QED) is 0.426. The molecular weight excluding hydrogens is 442 g/mol. The van der Waals surface area contributed by atoms with Gasteiger partial charge in [-0.05, 0) is 54.8 Å². The molecule has 0 bridgehead atoms. The number of hydrogen-bond acceptors (Lipinski definition) is 7. The van der Waals surface area contributed by atoms with Crippen LogP contribution in [-0.4, -0.2) is 39.8 Å². The van der Waals surface area contributed by atoms with Crippen molar-refractivity contribution in [2.24, 2.45) is 0 Å². The third-order valence-corrected chi connectivity index (χ3v) is 4.45. The Balaban J connectivity index is 0.000000440. The predicted octanol–water partition coefficient (Wildman–Crippen LogP) is 3.08. The minimum atomic E-state index is -1.26. The van der Waals surface area contributed by atoms with E-state index in [1.54, 1.807) is 6.08 Å². The summed E-state index contributed by atoms with van der Waals surface area (Å²) in [5.74, 6) is -0.817. The van der Waals surface area contributed by atoms with Gasteiger partial charge in [-0.2, -0.15) is 0 Å². The van der Waals surface area contributed by atoms with Gasteiger partial charge in [0.2, 0.25) is 12.7 Å². The van der Waals surface area contributed by atoms with Crippen LogP contribution in [0.3, 0.4) is 0 Å². The van der Waals surface area contributed by atoms with Crippen LogP contribution >= 0.6 is 0 Å². The Bertz CT molecular complexity index is 1060. The van der Waals surface area contributed by atoms with E-state index < -0.39 is 11.9 Å². The molecule has 0 saturated heterocycles. The number of anilines is 1. The molecule has 34 heavy (non-hydrogen) atoms. The van der Waals surface area contributed by atoms with E-state index >= 15 is 0 Å². The van der Waals surface area contributed by atoms with Gasteiger partial charge in [0, 0.05) is 18.2 Å². The van der Waals surface area contributed by atoms with Crippen LogP contribution in [0.1, 0.15) is 42.6 Å². The first-order chi connectivity index (χ1) is 16.2. The lowest BCUT2D eigenvalue weighted by atomic mass is 10.1. The van der Waals surface area contributed by atoms with Gasteiger partial charge in [0.1, 0.15) is 5.82 Å². The maximum Gasteiger partial charge on any atom is 0.328 e. The van der Waals surface area contributed by atoms with Gasteiger partial charge in [-0.15, -0.1) is 0 Å². The third kappa shape index (κ3) is 8.65. The highest BCUT2D eigenvalue weighted by molar-refractivity contribution is 5.92. The molecule has 1 aromatic heterocycles. The molecule has 1 aromatic carbocycles. The molecule has 1 unspecified atom stereocenters. The number of amides is 1. The van der Waals surface area contributed by atoms with E-state index in [0.717, 1.165) is 35.4 Å². The van der Waals surface area contributed by atoms with Gasteiger partial charge in [0.25, 0.3) is 0 Å². The normalized spacial score (nSPS) is 12.8. The second-order valence-electron chi connectivity index (χ2n) is 7.30. The summed E-state index contributed by atoms with van der Waals surface area (Å²) in [5.41, 5.74) is 8.53. The number of aryl methyl sites for hydroxylation is 1. The SMILES string of the molecule is CCCC(NC(=O)C=Cc1ccc2c(c1)OCO2)c1cc(C)cc(N)n1.O=C(O)C=CC(=O)O. The molecule has 1 aliphatic heterocycles. The van der Waals surface area contributed by atoms with Crippen LogP contribution in [0.4, 0.5) is 5.82 Å². The number of carboxylic acid groups (broad SMARTS) is 2. The highest BCUT2D eigenvalue weighted by atomic mass is 16.7. The number of nitrogens with one attached hydrogen (secondary N) is 1. The summed E-state index contributed by atoms with van der Waals surface area (Å²) in [6, 6.07) is 9.16. The molecular formula is C24H27N3O7. The van der Waals surface area contributed by atoms with Crippen molar-refractivity contribution in [3.05, 3.63) is 65.4 Å². The summed E-state index contributed by atoms with van der Waals surface area (Å²) < 4.78 is 10.6. The van der Waals surface area contributed by atoms with E-state index in [2.05, 4.69) is 17.2 Å². The molecule has 2 heterocycles. The van der Waals surface area contributed by atoms with Crippen LogP contribution in [0, 0.1) is 6.92 Å². The average Bonchev–Trinajstić information content (AvgIpc) is 3.24. The Kier molecular flexibility index (Phi) is 9.63. The van der Waals surface area contributed by atoms with Crippen LogP contribution in [0.15, 0.2) is 48.6 Å². The van der Waals surface area contributed by atoms with Crippen molar-refractivity contribution in [2.45, 2.75) is 32.7 Å². The van der Waals surface area contributed by atoms with E-state index in [4.69, 9.17) is 25.4 Å². The summed E-state index contributed by atoms with van der Waals surface area (Å²) in [6.07, 6.45) is 6.09. The molecule has 1 aliphatic rings. The van der Waals surface area contributed by atoms with Crippen LogP contribution < -0.4 is 20.5 Å². The number of carbonyl (C=O) groups excluding carboxylic acids is 1. The molecule has 10 heteroatoms. The fourth-order valence-corrected chi connectivity index (χ4v) is 3.03. The van der Waals surface area contributed by atoms with Crippen molar-refractivity contribution >= 4 is 29.7 Å². The molecule has 0 saturated carbocycles. The maximum atomic E-state index is 12.4. The van der Waals surface area contributed by atoms with E-state index in [1.165, 1.54) is 6.08 Å². The number of ether oxygens (including phenoxy) is 2. The second kappa shape index (κ2) is 12.6. The topological polar surface area (TPSA) is 161 Å². The van der Waals surface area contributed by atoms with Gasteiger partial charge < -0.3 is 30.7 Å². The molecule has 10 nitrogen and oxygen atoms in total. The molecule has 0 aliphatic carbocycles. The monoisotopic (exact) mass is 469 g/mol. The van der Waals surface area contributed by atoms with Crippen LogP contribution in [0.25, 0.3) is 6.08 Å². The van der Waals surface area contributed by atoms with Crippen molar-refractivity contribution < 1.29 is 34.1 Å². The number of fused-ring (bicyclic) bond motifs is 1.